The van der Waals surface area contributed by atoms with Crippen LogP contribution in [-0.2, 0) is 16.1 Å². The van der Waals surface area contributed by atoms with Crippen molar-refractivity contribution in [2.45, 2.75) is 15.2 Å². The first-order chi connectivity index (χ1) is 10.5. The van der Waals surface area contributed by atoms with Crippen LogP contribution in [0.2, 0.25) is 0 Å². The minimum Gasteiger partial charge on any atom is -0.467 e. The van der Waals surface area contributed by atoms with Crippen LogP contribution in [0.1, 0.15) is 5.76 Å². The van der Waals surface area contributed by atoms with Crippen molar-refractivity contribution in [3.8, 4) is 0 Å². The monoisotopic (exact) mass is 358 g/mol. The largest absolute Gasteiger partial charge is 0.467 e. The molecule has 2 aromatic heterocycles. The maximum absolute atomic E-state index is 12.0. The molecule has 0 radical (unpaired) electrons. The van der Waals surface area contributed by atoms with Crippen LogP contribution in [0, 0.1) is 0 Å². The SMILES string of the molecule is CN(Cc1ccco1)C(=O)CSc1nnc(SCC(N)=O)s1. The standard InChI is InChI=1S/C12H14N4O3S3/c1-16(5-8-3-2-4-19-8)10(18)7-21-12-15-14-11(22-12)20-6-9(13)17/h2-4H,5-7H2,1H3,(H2,13,17). The van der Waals surface area contributed by atoms with Crippen LogP contribution in [-0.4, -0.2) is 45.5 Å². The molecule has 0 aromatic carbocycles. The molecule has 2 amide bonds. The first-order valence-electron chi connectivity index (χ1n) is 6.18. The fraction of sp³-hybridized carbons (Fsp3) is 0.333. The van der Waals surface area contributed by atoms with E-state index in [1.807, 2.05) is 6.07 Å². The van der Waals surface area contributed by atoms with Gasteiger partial charge >= 0.3 is 0 Å². The van der Waals surface area contributed by atoms with Gasteiger partial charge in [0.25, 0.3) is 0 Å². The number of hydrogen-bond donors (Lipinski definition) is 1. The lowest BCUT2D eigenvalue weighted by Crippen LogP contribution is -2.27. The molecule has 2 heterocycles. The van der Waals surface area contributed by atoms with Crippen molar-refractivity contribution in [3.05, 3.63) is 24.2 Å². The van der Waals surface area contributed by atoms with Crippen molar-refractivity contribution in [2.75, 3.05) is 18.6 Å². The summed E-state index contributed by atoms with van der Waals surface area (Å²) < 4.78 is 6.56. The summed E-state index contributed by atoms with van der Waals surface area (Å²) >= 11 is 3.90. The number of carbonyl (C=O) groups is 2. The number of aromatic nitrogens is 2. The van der Waals surface area contributed by atoms with Gasteiger partial charge in [0, 0.05) is 7.05 Å². The van der Waals surface area contributed by atoms with Crippen LogP contribution in [0.15, 0.2) is 31.5 Å². The molecular formula is C12H14N4O3S3. The molecule has 10 heteroatoms. The normalized spacial score (nSPS) is 10.6. The van der Waals surface area contributed by atoms with Crippen LogP contribution < -0.4 is 5.73 Å². The van der Waals surface area contributed by atoms with Crippen molar-refractivity contribution in [1.29, 1.82) is 0 Å². The molecule has 2 rings (SSSR count). The van der Waals surface area contributed by atoms with Crippen molar-refractivity contribution in [1.82, 2.24) is 15.1 Å². The maximum Gasteiger partial charge on any atom is 0.233 e. The lowest BCUT2D eigenvalue weighted by Gasteiger charge is -2.14. The molecule has 0 saturated carbocycles. The third-order valence-electron chi connectivity index (χ3n) is 2.44. The Labute approximate surface area is 139 Å². The molecule has 0 fully saturated rings. The number of primary amides is 1. The Morgan fingerprint density at radius 2 is 2.00 bits per heavy atom. The highest BCUT2D eigenvalue weighted by molar-refractivity contribution is 8.03. The summed E-state index contributed by atoms with van der Waals surface area (Å²) in [6.45, 7) is 0.433. The number of nitrogens with two attached hydrogens (primary N) is 1. The van der Waals surface area contributed by atoms with E-state index >= 15 is 0 Å². The van der Waals surface area contributed by atoms with Gasteiger partial charge in [-0.3, -0.25) is 9.59 Å². The summed E-state index contributed by atoms with van der Waals surface area (Å²) in [5.41, 5.74) is 5.07. The summed E-state index contributed by atoms with van der Waals surface area (Å²) in [6, 6.07) is 3.61. The molecule has 0 aliphatic carbocycles. The predicted molar refractivity (Wildman–Crippen MR) is 85.7 cm³/mol. The minimum absolute atomic E-state index is 0.0251. The summed E-state index contributed by atoms with van der Waals surface area (Å²) in [5.74, 6) is 0.755. The second kappa shape index (κ2) is 8.20. The van der Waals surface area contributed by atoms with Gasteiger partial charge in [0.15, 0.2) is 8.68 Å². The average molecular weight is 358 g/mol. The Hall–Kier alpha value is -1.52. The maximum atomic E-state index is 12.0. The second-order valence-corrected chi connectivity index (χ2v) is 7.63. The Bertz CT molecular complexity index is 629. The second-order valence-electron chi connectivity index (χ2n) is 4.21. The third kappa shape index (κ3) is 5.35. The van der Waals surface area contributed by atoms with E-state index in [0.29, 0.717) is 15.2 Å². The fourth-order valence-corrected chi connectivity index (χ4v) is 4.10. The lowest BCUT2D eigenvalue weighted by molar-refractivity contribution is -0.127. The summed E-state index contributed by atoms with van der Waals surface area (Å²) in [4.78, 5) is 24.3. The highest BCUT2D eigenvalue weighted by atomic mass is 32.2. The van der Waals surface area contributed by atoms with E-state index in [9.17, 15) is 9.59 Å². The first-order valence-corrected chi connectivity index (χ1v) is 8.97. The minimum atomic E-state index is -0.399. The van der Waals surface area contributed by atoms with Crippen LogP contribution in [0.4, 0.5) is 0 Å². The van der Waals surface area contributed by atoms with Gasteiger partial charge in [0.05, 0.1) is 24.3 Å². The van der Waals surface area contributed by atoms with E-state index in [-0.39, 0.29) is 17.4 Å². The summed E-state index contributed by atoms with van der Waals surface area (Å²) in [5, 5.41) is 7.91. The topological polar surface area (TPSA) is 102 Å². The molecule has 2 N–H and O–H groups in total. The van der Waals surface area contributed by atoms with Gasteiger partial charge in [-0.2, -0.15) is 0 Å². The number of thioether (sulfide) groups is 2. The molecule has 0 spiro atoms. The van der Waals surface area contributed by atoms with Crippen molar-refractivity contribution >= 4 is 46.7 Å². The molecule has 0 bridgehead atoms. The molecule has 0 saturated heterocycles. The number of carbonyl (C=O) groups excluding carboxylic acids is 2. The molecule has 118 valence electrons. The molecule has 7 nitrogen and oxygen atoms in total. The molecule has 0 aliphatic rings. The van der Waals surface area contributed by atoms with E-state index in [2.05, 4.69) is 10.2 Å². The van der Waals surface area contributed by atoms with Gasteiger partial charge in [-0.05, 0) is 12.1 Å². The van der Waals surface area contributed by atoms with Gasteiger partial charge in [0.2, 0.25) is 11.8 Å². The van der Waals surface area contributed by atoms with Crippen LogP contribution in [0.25, 0.3) is 0 Å². The molecule has 2 aromatic rings. The van der Waals surface area contributed by atoms with Crippen LogP contribution in [0.5, 0.6) is 0 Å². The number of amides is 2. The van der Waals surface area contributed by atoms with E-state index in [1.54, 1.807) is 24.3 Å². The zero-order valence-electron chi connectivity index (χ0n) is 11.7. The third-order valence-corrected chi connectivity index (χ3v) is 5.64. The number of hydrogen-bond acceptors (Lipinski definition) is 8. The zero-order valence-corrected chi connectivity index (χ0v) is 14.2. The highest BCUT2D eigenvalue weighted by Gasteiger charge is 2.13. The summed E-state index contributed by atoms with van der Waals surface area (Å²) in [7, 11) is 1.72. The molecular weight excluding hydrogens is 344 g/mol. The Kier molecular flexibility index (Phi) is 6.28. The van der Waals surface area contributed by atoms with Gasteiger partial charge in [-0.1, -0.05) is 34.9 Å². The number of nitrogens with zero attached hydrogens (tertiary/aromatic N) is 3. The fourth-order valence-electron chi connectivity index (χ4n) is 1.40. The zero-order chi connectivity index (χ0) is 15.9. The number of furan rings is 1. The van der Waals surface area contributed by atoms with Gasteiger partial charge < -0.3 is 15.1 Å². The van der Waals surface area contributed by atoms with E-state index in [1.165, 1.54) is 34.9 Å². The van der Waals surface area contributed by atoms with E-state index < -0.39 is 5.91 Å². The van der Waals surface area contributed by atoms with Crippen molar-refractivity contribution in [2.24, 2.45) is 5.73 Å². The first kappa shape index (κ1) is 16.8. The Morgan fingerprint density at radius 3 is 2.59 bits per heavy atom. The van der Waals surface area contributed by atoms with Crippen molar-refractivity contribution < 1.29 is 14.0 Å². The summed E-state index contributed by atoms with van der Waals surface area (Å²) in [6.07, 6.45) is 1.58. The molecule has 22 heavy (non-hydrogen) atoms. The van der Waals surface area contributed by atoms with Gasteiger partial charge in [0.1, 0.15) is 5.76 Å². The van der Waals surface area contributed by atoms with E-state index in [4.69, 9.17) is 10.2 Å². The average Bonchev–Trinajstić information content (AvgIpc) is 3.13. The van der Waals surface area contributed by atoms with E-state index in [0.717, 1.165) is 5.76 Å². The Morgan fingerprint density at radius 1 is 1.32 bits per heavy atom. The van der Waals surface area contributed by atoms with Gasteiger partial charge in [-0.25, -0.2) is 0 Å². The quantitative estimate of drug-likeness (QED) is 0.713. The lowest BCUT2D eigenvalue weighted by atomic mass is 10.4. The highest BCUT2D eigenvalue weighted by Crippen LogP contribution is 2.28. The smallest absolute Gasteiger partial charge is 0.233 e. The molecule has 0 unspecified atom stereocenters. The number of rotatable bonds is 8. The predicted octanol–water partition coefficient (Wildman–Crippen LogP) is 1.46. The van der Waals surface area contributed by atoms with Crippen LogP contribution >= 0.6 is 34.9 Å². The molecule has 0 aliphatic heterocycles. The van der Waals surface area contributed by atoms with Gasteiger partial charge in [-0.15, -0.1) is 10.2 Å². The van der Waals surface area contributed by atoms with Crippen molar-refractivity contribution in [3.63, 3.8) is 0 Å². The molecule has 0 atom stereocenters. The van der Waals surface area contributed by atoms with Crippen LogP contribution in [0.3, 0.4) is 0 Å². The Balaban J connectivity index is 1.77.